The van der Waals surface area contributed by atoms with E-state index in [0.717, 1.165) is 13.0 Å². The molecule has 0 aliphatic carbocycles. The summed E-state index contributed by atoms with van der Waals surface area (Å²) in [5, 5.41) is 8.31. The van der Waals surface area contributed by atoms with Crippen molar-refractivity contribution >= 4 is 21.4 Å². The van der Waals surface area contributed by atoms with Gasteiger partial charge in [-0.2, -0.15) is 0 Å². The van der Waals surface area contributed by atoms with Gasteiger partial charge in [0.15, 0.2) is 0 Å². The molecule has 2 atom stereocenters. The van der Waals surface area contributed by atoms with Gasteiger partial charge in [-0.15, -0.1) is 0 Å². The van der Waals surface area contributed by atoms with E-state index in [1.54, 1.807) is 12.1 Å². The second-order valence-corrected chi connectivity index (χ2v) is 6.34. The number of sulfonamides is 1. The van der Waals surface area contributed by atoms with Gasteiger partial charge in [0.2, 0.25) is 10.0 Å². The van der Waals surface area contributed by atoms with Crippen molar-refractivity contribution in [3.8, 4) is 0 Å². The van der Waals surface area contributed by atoms with E-state index in [1.807, 2.05) is 6.92 Å². The molecule has 1 fully saturated rings. The largest absolute Gasteiger partial charge is 0.399 e. The minimum atomic E-state index is -3.79. The van der Waals surface area contributed by atoms with E-state index in [2.05, 4.69) is 5.32 Å². The molecule has 1 aliphatic heterocycles. The van der Waals surface area contributed by atoms with Gasteiger partial charge < -0.3 is 15.8 Å². The zero-order valence-electron chi connectivity index (χ0n) is 10.8. The number of nitrogens with one attached hydrogen (secondary N) is 1. The molecule has 1 aromatic rings. The topological polar surface area (TPSA) is 107 Å². The summed E-state index contributed by atoms with van der Waals surface area (Å²) in [6.07, 6.45) is 1.15. The van der Waals surface area contributed by atoms with Gasteiger partial charge in [0.05, 0.1) is 11.8 Å². The number of nitrogen functional groups attached to an aromatic ring is 1. The van der Waals surface area contributed by atoms with Crippen molar-refractivity contribution < 1.29 is 13.2 Å². The monoisotopic (exact) mass is 285 g/mol. The Balaban J connectivity index is 2.16. The molecule has 0 bridgehead atoms. The molecule has 7 heteroatoms. The number of benzene rings is 1. The Morgan fingerprint density at radius 3 is 2.79 bits per heavy atom. The highest BCUT2D eigenvalue weighted by molar-refractivity contribution is 7.89. The summed E-state index contributed by atoms with van der Waals surface area (Å²) >= 11 is 0. The van der Waals surface area contributed by atoms with Gasteiger partial charge in [0.1, 0.15) is 4.90 Å². The van der Waals surface area contributed by atoms with Crippen LogP contribution in [0.3, 0.4) is 0 Å². The maximum atomic E-state index is 11.5. The third kappa shape index (κ3) is 3.37. The Hall–Kier alpha value is -1.31. The Morgan fingerprint density at radius 1 is 1.47 bits per heavy atom. The van der Waals surface area contributed by atoms with Crippen LogP contribution in [0.2, 0.25) is 0 Å². The Labute approximate surface area is 113 Å². The SMILES string of the molecule is CC1OCCC1CNc1ccc(N)cc1S(N)(=O)=O. The second kappa shape index (κ2) is 5.36. The fraction of sp³-hybridized carbons (Fsp3) is 0.500. The number of primary sulfonamides is 1. The Kier molecular flexibility index (Phi) is 3.98. The smallest absolute Gasteiger partial charge is 0.240 e. The maximum absolute atomic E-state index is 11.5. The minimum Gasteiger partial charge on any atom is -0.399 e. The molecule has 2 rings (SSSR count). The van der Waals surface area contributed by atoms with Gasteiger partial charge in [-0.3, -0.25) is 0 Å². The van der Waals surface area contributed by atoms with Gasteiger partial charge in [-0.1, -0.05) is 0 Å². The first-order chi connectivity index (χ1) is 8.88. The van der Waals surface area contributed by atoms with E-state index in [9.17, 15) is 8.42 Å². The third-order valence-electron chi connectivity index (χ3n) is 3.40. The number of anilines is 2. The maximum Gasteiger partial charge on any atom is 0.240 e. The van der Waals surface area contributed by atoms with Crippen molar-refractivity contribution in [2.45, 2.75) is 24.3 Å². The van der Waals surface area contributed by atoms with Crippen LogP contribution in [0.4, 0.5) is 11.4 Å². The molecule has 1 heterocycles. The highest BCUT2D eigenvalue weighted by Gasteiger charge is 2.24. The van der Waals surface area contributed by atoms with Gasteiger partial charge in [0.25, 0.3) is 0 Å². The van der Waals surface area contributed by atoms with Crippen LogP contribution >= 0.6 is 0 Å². The lowest BCUT2D eigenvalue weighted by molar-refractivity contribution is 0.108. The predicted octanol–water partition coefficient (Wildman–Crippen LogP) is 0.753. The van der Waals surface area contributed by atoms with Gasteiger partial charge in [-0.25, -0.2) is 13.6 Å². The molecule has 1 aliphatic rings. The van der Waals surface area contributed by atoms with Crippen LogP contribution in [0.15, 0.2) is 23.1 Å². The normalized spacial score (nSPS) is 23.5. The van der Waals surface area contributed by atoms with E-state index >= 15 is 0 Å². The molecule has 2 unspecified atom stereocenters. The summed E-state index contributed by atoms with van der Waals surface area (Å²) < 4.78 is 28.5. The van der Waals surface area contributed by atoms with E-state index in [0.29, 0.717) is 23.8 Å². The predicted molar refractivity (Wildman–Crippen MR) is 74.2 cm³/mol. The summed E-state index contributed by atoms with van der Waals surface area (Å²) in [4.78, 5) is 0.0269. The summed E-state index contributed by atoms with van der Waals surface area (Å²) in [5.74, 6) is 0.367. The first kappa shape index (κ1) is 14.1. The summed E-state index contributed by atoms with van der Waals surface area (Å²) in [6.45, 7) is 3.41. The van der Waals surface area contributed by atoms with E-state index in [1.165, 1.54) is 6.07 Å². The molecule has 0 amide bonds. The number of hydrogen-bond donors (Lipinski definition) is 3. The van der Waals surface area contributed by atoms with E-state index in [-0.39, 0.29) is 11.0 Å². The fourth-order valence-corrected chi connectivity index (χ4v) is 2.95. The van der Waals surface area contributed by atoms with Crippen molar-refractivity contribution in [3.63, 3.8) is 0 Å². The molecule has 0 spiro atoms. The lowest BCUT2D eigenvalue weighted by Gasteiger charge is -2.17. The van der Waals surface area contributed by atoms with E-state index < -0.39 is 10.0 Å². The number of nitrogens with two attached hydrogens (primary N) is 2. The number of ether oxygens (including phenoxy) is 1. The zero-order valence-corrected chi connectivity index (χ0v) is 11.6. The van der Waals surface area contributed by atoms with Gasteiger partial charge >= 0.3 is 0 Å². The van der Waals surface area contributed by atoms with Crippen molar-refractivity contribution in [3.05, 3.63) is 18.2 Å². The van der Waals surface area contributed by atoms with Crippen LogP contribution in [0, 0.1) is 5.92 Å². The standard InChI is InChI=1S/C12H19N3O3S/c1-8-9(4-5-18-8)7-15-11-3-2-10(13)6-12(11)19(14,16)17/h2-3,6,8-9,15H,4-5,7,13H2,1H3,(H2,14,16,17). The Morgan fingerprint density at radius 2 is 2.21 bits per heavy atom. The lowest BCUT2D eigenvalue weighted by Crippen LogP contribution is -2.22. The summed E-state index contributed by atoms with van der Waals surface area (Å²) in [7, 11) is -3.79. The highest BCUT2D eigenvalue weighted by atomic mass is 32.2. The first-order valence-electron chi connectivity index (χ1n) is 6.15. The number of hydrogen-bond acceptors (Lipinski definition) is 5. The molecule has 1 saturated heterocycles. The molecule has 0 aromatic heterocycles. The van der Waals surface area contributed by atoms with Crippen molar-refractivity contribution in [2.75, 3.05) is 24.2 Å². The minimum absolute atomic E-state index is 0.0269. The van der Waals surface area contributed by atoms with Gasteiger partial charge in [-0.05, 0) is 31.5 Å². The van der Waals surface area contributed by atoms with Crippen LogP contribution in [-0.2, 0) is 14.8 Å². The highest BCUT2D eigenvalue weighted by Crippen LogP contribution is 2.25. The average Bonchev–Trinajstić information content (AvgIpc) is 2.72. The summed E-state index contributed by atoms with van der Waals surface area (Å²) in [5.41, 5.74) is 6.45. The molecule has 0 radical (unpaired) electrons. The quantitative estimate of drug-likeness (QED) is 0.708. The number of rotatable bonds is 4. The third-order valence-corrected chi connectivity index (χ3v) is 4.35. The molecule has 6 nitrogen and oxygen atoms in total. The van der Waals surface area contributed by atoms with Crippen molar-refractivity contribution in [1.29, 1.82) is 0 Å². The van der Waals surface area contributed by atoms with E-state index in [4.69, 9.17) is 15.6 Å². The van der Waals surface area contributed by atoms with Crippen molar-refractivity contribution in [2.24, 2.45) is 11.1 Å². The summed E-state index contributed by atoms with van der Waals surface area (Å²) in [6, 6.07) is 4.65. The lowest BCUT2D eigenvalue weighted by atomic mass is 10.0. The van der Waals surface area contributed by atoms with Gasteiger partial charge in [0, 0.05) is 24.8 Å². The van der Waals surface area contributed by atoms with Crippen LogP contribution in [0.5, 0.6) is 0 Å². The molecule has 0 saturated carbocycles. The molecular formula is C12H19N3O3S. The Bertz CT molecular complexity index is 559. The second-order valence-electron chi connectivity index (χ2n) is 4.81. The zero-order chi connectivity index (χ0) is 14.0. The van der Waals surface area contributed by atoms with Crippen LogP contribution in [0.25, 0.3) is 0 Å². The van der Waals surface area contributed by atoms with Crippen LogP contribution < -0.4 is 16.2 Å². The fourth-order valence-electron chi connectivity index (χ4n) is 2.21. The molecule has 1 aromatic carbocycles. The molecule has 5 N–H and O–H groups in total. The molecule has 19 heavy (non-hydrogen) atoms. The average molecular weight is 285 g/mol. The first-order valence-corrected chi connectivity index (χ1v) is 7.70. The molecule has 106 valence electrons. The van der Waals surface area contributed by atoms with Crippen LogP contribution in [0.1, 0.15) is 13.3 Å². The molecular weight excluding hydrogens is 266 g/mol. The van der Waals surface area contributed by atoms with Crippen LogP contribution in [-0.4, -0.2) is 27.7 Å². The van der Waals surface area contributed by atoms with Crippen molar-refractivity contribution in [1.82, 2.24) is 0 Å².